The van der Waals surface area contributed by atoms with E-state index >= 15 is 0 Å². The highest BCUT2D eigenvalue weighted by molar-refractivity contribution is 6.36. The molecule has 0 aromatic heterocycles. The number of halogens is 2. The van der Waals surface area contributed by atoms with E-state index in [1.165, 1.54) is 18.2 Å². The molecule has 1 amide bonds. The lowest BCUT2D eigenvalue weighted by molar-refractivity contribution is 0.0697. The van der Waals surface area contributed by atoms with Crippen molar-refractivity contribution < 1.29 is 14.7 Å². The molecule has 2 N–H and O–H groups in total. The zero-order valence-electron chi connectivity index (χ0n) is 11.0. The second kappa shape index (κ2) is 6.16. The molecule has 0 aliphatic heterocycles. The summed E-state index contributed by atoms with van der Waals surface area (Å²) in [6.45, 7) is 1.66. The van der Waals surface area contributed by atoms with Gasteiger partial charge in [0.15, 0.2) is 0 Å². The Balaban J connectivity index is 2.39. The number of amides is 1. The number of hydrogen-bond acceptors (Lipinski definition) is 2. The summed E-state index contributed by atoms with van der Waals surface area (Å²) >= 11 is 11.8. The molecule has 2 aromatic rings. The van der Waals surface area contributed by atoms with Crippen LogP contribution in [-0.4, -0.2) is 17.0 Å². The maximum absolute atomic E-state index is 12.2. The highest BCUT2D eigenvalue weighted by Crippen LogP contribution is 2.24. The third kappa shape index (κ3) is 3.35. The van der Waals surface area contributed by atoms with E-state index in [9.17, 15) is 14.7 Å². The molecular formula is C15H11Cl2NO3. The lowest BCUT2D eigenvalue weighted by Crippen LogP contribution is -2.16. The predicted octanol–water partition coefficient (Wildman–Crippen LogP) is 4.25. The molecule has 0 spiro atoms. The first kappa shape index (κ1) is 15.4. The number of nitrogens with one attached hydrogen (secondary N) is 1. The Morgan fingerprint density at radius 3 is 2.52 bits per heavy atom. The quantitative estimate of drug-likeness (QED) is 0.887. The highest BCUT2D eigenvalue weighted by Gasteiger charge is 2.17. The van der Waals surface area contributed by atoms with Gasteiger partial charge in [-0.2, -0.15) is 0 Å². The lowest BCUT2D eigenvalue weighted by atomic mass is 10.1. The van der Waals surface area contributed by atoms with Crippen LogP contribution >= 0.6 is 23.2 Å². The van der Waals surface area contributed by atoms with Gasteiger partial charge in [0.1, 0.15) is 0 Å². The molecule has 0 bridgehead atoms. The van der Waals surface area contributed by atoms with E-state index in [0.29, 0.717) is 10.6 Å². The summed E-state index contributed by atoms with van der Waals surface area (Å²) in [5.41, 5.74) is 0.993. The van der Waals surface area contributed by atoms with E-state index in [4.69, 9.17) is 23.2 Å². The van der Waals surface area contributed by atoms with Crippen molar-refractivity contribution in [3.05, 3.63) is 63.1 Å². The molecule has 0 saturated carbocycles. The molecule has 0 fully saturated rings. The van der Waals surface area contributed by atoms with Crippen LogP contribution in [0.4, 0.5) is 5.69 Å². The molecule has 0 aliphatic rings. The number of carbonyl (C=O) groups excluding carboxylic acids is 1. The van der Waals surface area contributed by atoms with Crippen molar-refractivity contribution in [2.24, 2.45) is 0 Å². The van der Waals surface area contributed by atoms with Gasteiger partial charge in [0.05, 0.1) is 21.8 Å². The Hall–Kier alpha value is -2.04. The van der Waals surface area contributed by atoms with Crippen LogP contribution in [0.5, 0.6) is 0 Å². The second-order valence-electron chi connectivity index (χ2n) is 4.38. The number of carboxylic acids is 1. The highest BCUT2D eigenvalue weighted by atomic mass is 35.5. The van der Waals surface area contributed by atoms with Crippen molar-refractivity contribution in [1.29, 1.82) is 0 Å². The summed E-state index contributed by atoms with van der Waals surface area (Å²) in [5.74, 6) is -1.63. The number of carbonyl (C=O) groups is 2. The molecule has 0 atom stereocenters. The first-order chi connectivity index (χ1) is 9.90. The Labute approximate surface area is 131 Å². The van der Waals surface area contributed by atoms with Crippen molar-refractivity contribution in [3.8, 4) is 0 Å². The molecule has 0 unspecified atom stereocenters. The molecule has 6 heteroatoms. The zero-order chi connectivity index (χ0) is 15.6. The van der Waals surface area contributed by atoms with Crippen molar-refractivity contribution in [3.63, 3.8) is 0 Å². The summed E-state index contributed by atoms with van der Waals surface area (Å²) in [5, 5.41) is 12.4. The van der Waals surface area contributed by atoms with Gasteiger partial charge in [0.2, 0.25) is 0 Å². The number of rotatable bonds is 3. The fraction of sp³-hybridized carbons (Fsp3) is 0.0667. The van der Waals surface area contributed by atoms with Crippen molar-refractivity contribution >= 4 is 40.8 Å². The molecule has 0 aliphatic carbocycles. The minimum absolute atomic E-state index is 0.0454. The molecule has 0 radical (unpaired) electrons. The van der Waals surface area contributed by atoms with Gasteiger partial charge >= 0.3 is 5.97 Å². The van der Waals surface area contributed by atoms with Crippen LogP contribution in [0.15, 0.2) is 36.4 Å². The summed E-state index contributed by atoms with van der Waals surface area (Å²) < 4.78 is 0. The number of aromatic carboxylic acids is 1. The molecule has 21 heavy (non-hydrogen) atoms. The Kier molecular flexibility index (Phi) is 4.50. The van der Waals surface area contributed by atoms with Gasteiger partial charge in [-0.15, -0.1) is 0 Å². The van der Waals surface area contributed by atoms with Crippen LogP contribution in [0.2, 0.25) is 10.0 Å². The standard InChI is InChI=1S/C15H11Cl2NO3/c1-8-3-2-4-12(13(8)15(20)21)18-14(19)10-7-9(16)5-6-11(10)17/h2-7H,1H3,(H,18,19)(H,20,21). The van der Waals surface area contributed by atoms with Crippen molar-refractivity contribution in [2.75, 3.05) is 5.32 Å². The molecule has 4 nitrogen and oxygen atoms in total. The van der Waals surface area contributed by atoms with Gasteiger partial charge in [-0.1, -0.05) is 35.3 Å². The number of benzene rings is 2. The van der Waals surface area contributed by atoms with Gasteiger partial charge < -0.3 is 10.4 Å². The van der Waals surface area contributed by atoms with E-state index in [1.807, 2.05) is 0 Å². The average molecular weight is 324 g/mol. The minimum atomic E-state index is -1.11. The van der Waals surface area contributed by atoms with Crippen LogP contribution in [0.3, 0.4) is 0 Å². The summed E-state index contributed by atoms with van der Waals surface area (Å²) in [7, 11) is 0. The Morgan fingerprint density at radius 1 is 1.14 bits per heavy atom. The van der Waals surface area contributed by atoms with Gasteiger partial charge in [-0.05, 0) is 36.8 Å². The van der Waals surface area contributed by atoms with Gasteiger partial charge in [-0.3, -0.25) is 4.79 Å². The van der Waals surface area contributed by atoms with E-state index in [1.54, 1.807) is 25.1 Å². The fourth-order valence-corrected chi connectivity index (χ4v) is 2.29. The van der Waals surface area contributed by atoms with E-state index in [2.05, 4.69) is 5.32 Å². The average Bonchev–Trinajstić information content (AvgIpc) is 2.41. The summed E-state index contributed by atoms with van der Waals surface area (Å²) in [6.07, 6.45) is 0. The van der Waals surface area contributed by atoms with Crippen LogP contribution in [0.1, 0.15) is 26.3 Å². The van der Waals surface area contributed by atoms with Crippen LogP contribution in [0.25, 0.3) is 0 Å². The summed E-state index contributed by atoms with van der Waals surface area (Å²) in [4.78, 5) is 23.5. The van der Waals surface area contributed by atoms with Crippen LogP contribution in [0, 0.1) is 6.92 Å². The van der Waals surface area contributed by atoms with Crippen molar-refractivity contribution in [2.45, 2.75) is 6.92 Å². The second-order valence-corrected chi connectivity index (χ2v) is 5.22. The molecule has 0 heterocycles. The third-order valence-electron chi connectivity index (χ3n) is 2.91. The monoisotopic (exact) mass is 323 g/mol. The first-order valence-electron chi connectivity index (χ1n) is 5.99. The molecular weight excluding hydrogens is 313 g/mol. The number of hydrogen-bond donors (Lipinski definition) is 2. The maximum atomic E-state index is 12.2. The zero-order valence-corrected chi connectivity index (χ0v) is 12.5. The predicted molar refractivity (Wildman–Crippen MR) is 82.6 cm³/mol. The first-order valence-corrected chi connectivity index (χ1v) is 6.75. The minimum Gasteiger partial charge on any atom is -0.478 e. The van der Waals surface area contributed by atoms with Gasteiger partial charge in [0, 0.05) is 5.02 Å². The fourth-order valence-electron chi connectivity index (χ4n) is 1.92. The molecule has 2 rings (SSSR count). The van der Waals surface area contributed by atoms with Crippen molar-refractivity contribution in [1.82, 2.24) is 0 Å². The summed E-state index contributed by atoms with van der Waals surface area (Å²) in [6, 6.07) is 9.34. The third-order valence-corrected chi connectivity index (χ3v) is 3.47. The van der Waals surface area contributed by atoms with E-state index < -0.39 is 11.9 Å². The maximum Gasteiger partial charge on any atom is 0.338 e. The SMILES string of the molecule is Cc1cccc(NC(=O)c2cc(Cl)ccc2Cl)c1C(=O)O. The normalized spacial score (nSPS) is 10.2. The Bertz CT molecular complexity index is 729. The molecule has 0 saturated heterocycles. The molecule has 108 valence electrons. The smallest absolute Gasteiger partial charge is 0.338 e. The number of carboxylic acid groups (broad SMARTS) is 1. The van der Waals surface area contributed by atoms with Gasteiger partial charge in [0.25, 0.3) is 5.91 Å². The van der Waals surface area contributed by atoms with Crippen LogP contribution < -0.4 is 5.32 Å². The number of anilines is 1. The van der Waals surface area contributed by atoms with E-state index in [0.717, 1.165) is 0 Å². The molecule has 2 aromatic carbocycles. The number of aryl methyl sites for hydroxylation is 1. The van der Waals surface area contributed by atoms with E-state index in [-0.39, 0.29) is 21.8 Å². The lowest BCUT2D eigenvalue weighted by Gasteiger charge is -2.11. The topological polar surface area (TPSA) is 66.4 Å². The Morgan fingerprint density at radius 2 is 1.86 bits per heavy atom. The largest absolute Gasteiger partial charge is 0.478 e. The van der Waals surface area contributed by atoms with Crippen LogP contribution in [-0.2, 0) is 0 Å². The van der Waals surface area contributed by atoms with Gasteiger partial charge in [-0.25, -0.2) is 4.79 Å².